The SMILES string of the molecule is CC1=C(C)C(=O)CC(C)(C)C1.NCCN. The number of ketones is 1. The van der Waals surface area contributed by atoms with E-state index in [0.717, 1.165) is 18.4 Å². The fraction of sp³-hybridized carbons (Fsp3) is 0.750. The topological polar surface area (TPSA) is 69.1 Å². The number of carbonyl (C=O) groups excluding carboxylic acids is 1. The molecule has 3 nitrogen and oxygen atoms in total. The van der Waals surface area contributed by atoms with Gasteiger partial charge in [-0.25, -0.2) is 0 Å². The highest BCUT2D eigenvalue weighted by molar-refractivity contribution is 5.96. The molecule has 4 N–H and O–H groups in total. The molecule has 15 heavy (non-hydrogen) atoms. The Morgan fingerprint density at radius 1 is 1.13 bits per heavy atom. The average molecular weight is 212 g/mol. The Kier molecular flexibility index (Phi) is 5.76. The maximum absolute atomic E-state index is 11.4. The molecule has 0 amide bonds. The second-order valence-corrected chi connectivity index (χ2v) is 4.92. The van der Waals surface area contributed by atoms with E-state index < -0.39 is 0 Å². The van der Waals surface area contributed by atoms with Crippen molar-refractivity contribution in [1.82, 2.24) is 0 Å². The normalized spacial score (nSPS) is 19.7. The number of Topliss-reactive ketones (excluding diaryl/α,β-unsaturated/α-hetero) is 1. The van der Waals surface area contributed by atoms with Gasteiger partial charge in [0.2, 0.25) is 0 Å². The van der Waals surface area contributed by atoms with Crippen molar-refractivity contribution in [2.45, 2.75) is 40.5 Å². The monoisotopic (exact) mass is 212 g/mol. The first-order valence-electron chi connectivity index (χ1n) is 5.43. The molecule has 0 radical (unpaired) electrons. The van der Waals surface area contributed by atoms with E-state index in [0.29, 0.717) is 18.9 Å². The number of nitrogens with two attached hydrogens (primary N) is 2. The molecule has 1 aliphatic rings. The number of carbonyl (C=O) groups is 1. The predicted octanol–water partition coefficient (Wildman–Crippen LogP) is 1.62. The average Bonchev–Trinajstić information content (AvgIpc) is 2.13. The van der Waals surface area contributed by atoms with E-state index >= 15 is 0 Å². The van der Waals surface area contributed by atoms with Crippen LogP contribution in [0, 0.1) is 5.41 Å². The zero-order chi connectivity index (χ0) is 12.1. The number of rotatable bonds is 1. The molecular weight excluding hydrogens is 188 g/mol. The van der Waals surface area contributed by atoms with Gasteiger partial charge in [0.1, 0.15) is 0 Å². The second kappa shape index (κ2) is 6.03. The highest BCUT2D eigenvalue weighted by Crippen LogP contribution is 2.36. The van der Waals surface area contributed by atoms with Crippen LogP contribution < -0.4 is 11.5 Å². The van der Waals surface area contributed by atoms with Crippen molar-refractivity contribution in [2.75, 3.05) is 13.1 Å². The van der Waals surface area contributed by atoms with E-state index in [1.165, 1.54) is 5.57 Å². The first-order valence-corrected chi connectivity index (χ1v) is 5.43. The van der Waals surface area contributed by atoms with Gasteiger partial charge in [0.05, 0.1) is 0 Å². The van der Waals surface area contributed by atoms with Crippen LogP contribution in [0.1, 0.15) is 40.5 Å². The highest BCUT2D eigenvalue weighted by atomic mass is 16.1. The molecule has 0 heterocycles. The quantitative estimate of drug-likeness (QED) is 0.694. The molecule has 0 bridgehead atoms. The molecule has 0 atom stereocenters. The van der Waals surface area contributed by atoms with Crippen molar-refractivity contribution in [3.8, 4) is 0 Å². The summed E-state index contributed by atoms with van der Waals surface area (Å²) in [6, 6.07) is 0. The predicted molar refractivity (Wildman–Crippen MR) is 64.5 cm³/mol. The summed E-state index contributed by atoms with van der Waals surface area (Å²) in [4.78, 5) is 11.4. The van der Waals surface area contributed by atoms with Crippen LogP contribution in [0.3, 0.4) is 0 Å². The van der Waals surface area contributed by atoms with E-state index in [2.05, 4.69) is 20.8 Å². The molecule has 88 valence electrons. The summed E-state index contributed by atoms with van der Waals surface area (Å²) in [6.45, 7) is 9.50. The van der Waals surface area contributed by atoms with E-state index in [4.69, 9.17) is 11.5 Å². The van der Waals surface area contributed by atoms with Crippen molar-refractivity contribution >= 4 is 5.78 Å². The summed E-state index contributed by atoms with van der Waals surface area (Å²) in [5, 5.41) is 0. The molecular formula is C12H24N2O. The van der Waals surface area contributed by atoms with Gasteiger partial charge in [-0.3, -0.25) is 4.79 Å². The minimum absolute atomic E-state index is 0.195. The van der Waals surface area contributed by atoms with Crippen LogP contribution >= 0.6 is 0 Å². The Bertz CT molecular complexity index is 252. The Labute approximate surface area is 92.9 Å². The van der Waals surface area contributed by atoms with E-state index in [1.807, 2.05) is 6.92 Å². The van der Waals surface area contributed by atoms with Crippen LogP contribution in [0.4, 0.5) is 0 Å². The molecule has 0 aromatic carbocycles. The lowest BCUT2D eigenvalue weighted by Crippen LogP contribution is -2.23. The van der Waals surface area contributed by atoms with Gasteiger partial charge < -0.3 is 11.5 Å². The molecule has 3 heteroatoms. The Morgan fingerprint density at radius 3 is 1.93 bits per heavy atom. The lowest BCUT2D eigenvalue weighted by Gasteiger charge is -2.29. The third kappa shape index (κ3) is 5.09. The van der Waals surface area contributed by atoms with Gasteiger partial charge in [0, 0.05) is 19.5 Å². The molecule has 0 aliphatic heterocycles. The lowest BCUT2D eigenvalue weighted by molar-refractivity contribution is -0.118. The highest BCUT2D eigenvalue weighted by Gasteiger charge is 2.28. The zero-order valence-electron chi connectivity index (χ0n) is 10.4. The molecule has 0 aromatic rings. The third-order valence-electron chi connectivity index (χ3n) is 2.61. The Morgan fingerprint density at radius 2 is 1.60 bits per heavy atom. The third-order valence-corrected chi connectivity index (χ3v) is 2.61. The fourth-order valence-corrected chi connectivity index (χ4v) is 1.72. The number of allylic oxidation sites excluding steroid dienone is 2. The van der Waals surface area contributed by atoms with E-state index in [9.17, 15) is 4.79 Å². The minimum Gasteiger partial charge on any atom is -0.329 e. The van der Waals surface area contributed by atoms with Crippen molar-refractivity contribution in [3.63, 3.8) is 0 Å². The number of hydrogen-bond donors (Lipinski definition) is 2. The van der Waals surface area contributed by atoms with Gasteiger partial charge in [-0.15, -0.1) is 0 Å². The zero-order valence-corrected chi connectivity index (χ0v) is 10.4. The fourth-order valence-electron chi connectivity index (χ4n) is 1.72. The summed E-state index contributed by atoms with van der Waals surface area (Å²) in [5.41, 5.74) is 12.3. The summed E-state index contributed by atoms with van der Waals surface area (Å²) < 4.78 is 0. The standard InChI is InChI=1S/C10H16O.C2H8N2/c1-7-5-10(3,4)6-9(11)8(7)2;3-1-2-4/h5-6H2,1-4H3;1-4H2. The van der Waals surface area contributed by atoms with Gasteiger partial charge in [0.25, 0.3) is 0 Å². The molecule has 0 saturated carbocycles. The van der Waals surface area contributed by atoms with Gasteiger partial charge in [-0.2, -0.15) is 0 Å². The maximum Gasteiger partial charge on any atom is 0.159 e. The maximum atomic E-state index is 11.4. The Balaban J connectivity index is 0.000000423. The summed E-state index contributed by atoms with van der Waals surface area (Å²) >= 11 is 0. The first-order chi connectivity index (χ1) is 6.84. The van der Waals surface area contributed by atoms with Crippen molar-refractivity contribution in [3.05, 3.63) is 11.1 Å². The van der Waals surface area contributed by atoms with Gasteiger partial charge in [-0.05, 0) is 31.3 Å². The summed E-state index contributed by atoms with van der Waals surface area (Å²) in [5.74, 6) is 0.332. The van der Waals surface area contributed by atoms with Crippen LogP contribution in [0.15, 0.2) is 11.1 Å². The van der Waals surface area contributed by atoms with Crippen LogP contribution in [-0.4, -0.2) is 18.9 Å². The van der Waals surface area contributed by atoms with E-state index in [-0.39, 0.29) is 5.41 Å². The minimum atomic E-state index is 0.195. The molecule has 1 aliphatic carbocycles. The van der Waals surface area contributed by atoms with Gasteiger partial charge >= 0.3 is 0 Å². The van der Waals surface area contributed by atoms with Crippen LogP contribution in [0.2, 0.25) is 0 Å². The van der Waals surface area contributed by atoms with Crippen molar-refractivity contribution in [2.24, 2.45) is 16.9 Å². The molecule has 0 aromatic heterocycles. The first kappa shape index (κ1) is 14.3. The van der Waals surface area contributed by atoms with Crippen LogP contribution in [-0.2, 0) is 4.79 Å². The molecule has 0 unspecified atom stereocenters. The lowest BCUT2D eigenvalue weighted by atomic mass is 9.74. The van der Waals surface area contributed by atoms with Crippen LogP contribution in [0.5, 0.6) is 0 Å². The van der Waals surface area contributed by atoms with Crippen molar-refractivity contribution < 1.29 is 4.79 Å². The molecule has 0 saturated heterocycles. The molecule has 0 fully saturated rings. The van der Waals surface area contributed by atoms with Gasteiger partial charge in [-0.1, -0.05) is 19.4 Å². The summed E-state index contributed by atoms with van der Waals surface area (Å²) in [7, 11) is 0. The summed E-state index contributed by atoms with van der Waals surface area (Å²) in [6.07, 6.45) is 1.79. The molecule has 1 rings (SSSR count). The largest absolute Gasteiger partial charge is 0.329 e. The van der Waals surface area contributed by atoms with Crippen LogP contribution in [0.25, 0.3) is 0 Å². The smallest absolute Gasteiger partial charge is 0.159 e. The van der Waals surface area contributed by atoms with Crippen molar-refractivity contribution in [1.29, 1.82) is 0 Å². The molecule has 0 spiro atoms. The second-order valence-electron chi connectivity index (χ2n) is 4.92. The van der Waals surface area contributed by atoms with E-state index in [1.54, 1.807) is 0 Å². The van der Waals surface area contributed by atoms with Gasteiger partial charge in [0.15, 0.2) is 5.78 Å². The Hall–Kier alpha value is -0.670. The number of hydrogen-bond acceptors (Lipinski definition) is 3.